The van der Waals surface area contributed by atoms with Crippen LogP contribution in [0.2, 0.25) is 0 Å². The summed E-state index contributed by atoms with van der Waals surface area (Å²) in [5.41, 5.74) is 0. The van der Waals surface area contributed by atoms with Crippen LogP contribution in [0.3, 0.4) is 0 Å². The minimum atomic E-state index is -10.7. The fourth-order valence-corrected chi connectivity index (χ4v) is 4.88. The van der Waals surface area contributed by atoms with Gasteiger partial charge < -0.3 is 0 Å². The molecular weight excluding hydrogens is 360 g/mol. The topological polar surface area (TPSA) is 6.48 Å². The average molecular weight is 392 g/mol. The molecule has 0 aliphatic rings. The number of nitrogens with zero attached hydrogens (tertiary/aromatic N) is 2. The third kappa shape index (κ3) is 18.5. The molecule has 0 aliphatic heterocycles. The first-order chi connectivity index (χ1) is 10.1. The van der Waals surface area contributed by atoms with Gasteiger partial charge in [-0.25, -0.2) is 0 Å². The van der Waals surface area contributed by atoms with Crippen LogP contribution in [0.5, 0.6) is 0 Å². The Morgan fingerprint density at radius 2 is 1.26 bits per heavy atom. The fourth-order valence-electron chi connectivity index (χ4n) is 2.38. The molecule has 2 atom stereocenters. The van der Waals surface area contributed by atoms with Crippen LogP contribution in [-0.4, -0.2) is 41.7 Å². The maximum absolute atomic E-state index is 10.7. The van der Waals surface area contributed by atoms with E-state index in [2.05, 4.69) is 50.6 Å². The van der Waals surface area contributed by atoms with Gasteiger partial charge in [-0.05, 0) is 34.1 Å². The molecule has 146 valence electrons. The zero-order valence-electron chi connectivity index (χ0n) is 14.9. The van der Waals surface area contributed by atoms with Crippen LogP contribution >= 0.6 is 16.0 Å². The van der Waals surface area contributed by atoms with Gasteiger partial charge in [0.2, 0.25) is 0 Å². The second-order valence-electron chi connectivity index (χ2n) is 5.46. The van der Waals surface area contributed by atoms with E-state index in [-0.39, 0.29) is 0 Å². The van der Waals surface area contributed by atoms with Crippen molar-refractivity contribution in [1.29, 1.82) is 0 Å². The molecule has 2 nitrogen and oxygen atoms in total. The summed E-state index contributed by atoms with van der Waals surface area (Å²) in [5.74, 6) is 0. The zero-order valence-corrected chi connectivity index (χ0v) is 16.8. The van der Waals surface area contributed by atoms with Gasteiger partial charge in [0.25, 0.3) is 0 Å². The Hall–Kier alpha value is 0.360. The number of hydrogen-bond donors (Lipinski definition) is 0. The van der Waals surface area contributed by atoms with Gasteiger partial charge in [0.05, 0.1) is 6.66 Å². The van der Waals surface area contributed by atoms with E-state index in [4.69, 9.17) is 0 Å². The van der Waals surface area contributed by atoms with Crippen molar-refractivity contribution in [2.24, 2.45) is 0 Å². The first-order valence-corrected chi connectivity index (χ1v) is 11.9. The Bertz CT molecular complexity index is 307. The SMILES string of the molecule is CCCCC(C)N(CC)[PH+](C)N(CC)CC.F[P-](F)(F)(F)(F)F. The Balaban J connectivity index is 0. The van der Waals surface area contributed by atoms with Crippen molar-refractivity contribution in [2.75, 3.05) is 26.3 Å². The Kier molecular flexibility index (Phi) is 10.2. The Labute approximate surface area is 137 Å². The van der Waals surface area contributed by atoms with Gasteiger partial charge in [-0.2, -0.15) is 9.34 Å². The van der Waals surface area contributed by atoms with Crippen molar-refractivity contribution >= 4 is 16.0 Å². The number of unbranched alkanes of at least 4 members (excludes halogenated alkanes) is 1. The predicted molar refractivity (Wildman–Crippen MR) is 92.1 cm³/mol. The van der Waals surface area contributed by atoms with Crippen LogP contribution in [0.4, 0.5) is 25.2 Å². The maximum atomic E-state index is 9.87. The fraction of sp³-hybridized carbons (Fsp3) is 1.00. The van der Waals surface area contributed by atoms with E-state index in [1.165, 1.54) is 38.9 Å². The molecule has 0 heterocycles. The summed E-state index contributed by atoms with van der Waals surface area (Å²) in [5, 5.41) is 0. The molecular formula is C13H32F6N2P2. The summed E-state index contributed by atoms with van der Waals surface area (Å²) in [6.45, 7) is 17.6. The van der Waals surface area contributed by atoms with Gasteiger partial charge in [-0.15, -0.1) is 0 Å². The first kappa shape index (κ1) is 25.6. The summed E-state index contributed by atoms with van der Waals surface area (Å²) < 4.78 is 64.6. The predicted octanol–water partition coefficient (Wildman–Crippen LogP) is 7.29. The van der Waals surface area contributed by atoms with E-state index >= 15 is 0 Å². The summed E-state index contributed by atoms with van der Waals surface area (Å²) in [7, 11) is -11.1. The second-order valence-corrected chi connectivity index (χ2v) is 9.67. The van der Waals surface area contributed by atoms with Crippen molar-refractivity contribution in [2.45, 2.75) is 59.9 Å². The summed E-state index contributed by atoms with van der Waals surface area (Å²) in [4.78, 5) is 0. The molecule has 0 fully saturated rings. The van der Waals surface area contributed by atoms with E-state index in [0.717, 1.165) is 6.04 Å². The van der Waals surface area contributed by atoms with Crippen LogP contribution in [0.15, 0.2) is 0 Å². The summed E-state index contributed by atoms with van der Waals surface area (Å²) in [6.07, 6.45) is 4.04. The number of hydrogen-bond acceptors (Lipinski definition) is 2. The average Bonchev–Trinajstić information content (AvgIpc) is 2.35. The van der Waals surface area contributed by atoms with E-state index in [1.54, 1.807) is 0 Å². The molecule has 0 N–H and O–H groups in total. The van der Waals surface area contributed by atoms with Crippen molar-refractivity contribution in [1.82, 2.24) is 9.34 Å². The quantitative estimate of drug-likeness (QED) is 0.300. The van der Waals surface area contributed by atoms with Crippen molar-refractivity contribution in [3.05, 3.63) is 0 Å². The van der Waals surface area contributed by atoms with Gasteiger partial charge in [0, 0.05) is 25.7 Å². The van der Waals surface area contributed by atoms with Gasteiger partial charge in [0.15, 0.2) is 0 Å². The molecule has 0 rings (SSSR count). The van der Waals surface area contributed by atoms with Crippen LogP contribution in [-0.2, 0) is 0 Å². The monoisotopic (exact) mass is 392 g/mol. The van der Waals surface area contributed by atoms with E-state index in [9.17, 15) is 25.2 Å². The molecule has 0 aromatic rings. The number of halogens is 6. The first-order valence-electron chi connectivity index (χ1n) is 7.98. The van der Waals surface area contributed by atoms with E-state index in [1.807, 2.05) is 0 Å². The normalized spacial score (nSPS) is 18.0. The van der Waals surface area contributed by atoms with Crippen molar-refractivity contribution in [3.63, 3.8) is 0 Å². The van der Waals surface area contributed by atoms with Gasteiger partial charge in [0.1, 0.15) is 8.22 Å². The zero-order chi connectivity index (χ0) is 19.0. The third-order valence-electron chi connectivity index (χ3n) is 3.48. The number of rotatable bonds is 9. The van der Waals surface area contributed by atoms with E-state index < -0.39 is 16.0 Å². The van der Waals surface area contributed by atoms with Crippen LogP contribution in [0, 0.1) is 0 Å². The molecule has 0 saturated carbocycles. The van der Waals surface area contributed by atoms with Crippen LogP contribution in [0.25, 0.3) is 0 Å². The van der Waals surface area contributed by atoms with Crippen molar-refractivity contribution < 1.29 is 25.2 Å². The van der Waals surface area contributed by atoms with Crippen molar-refractivity contribution in [3.8, 4) is 0 Å². The second kappa shape index (κ2) is 9.17. The standard InChI is InChI=1S/C13H31N2P.F6P/c1-7-11-12-13(5)15(10-4)16(6)14(8-2)9-3;1-7(2,3,4,5)6/h13H,7-12H2,1-6H3;/q;-1/p+1. The third-order valence-corrected chi connectivity index (χ3v) is 6.62. The Morgan fingerprint density at radius 3 is 1.52 bits per heavy atom. The molecule has 23 heavy (non-hydrogen) atoms. The van der Waals surface area contributed by atoms with Gasteiger partial charge >= 0.3 is 33.0 Å². The van der Waals surface area contributed by atoms with E-state index in [0.29, 0.717) is 0 Å². The molecule has 0 aromatic heterocycles. The molecule has 0 bridgehead atoms. The minimum absolute atomic E-state index is 0.481. The van der Waals surface area contributed by atoms with Crippen LogP contribution in [0.1, 0.15) is 53.9 Å². The van der Waals surface area contributed by atoms with Gasteiger partial charge in [-0.3, -0.25) is 0 Å². The van der Waals surface area contributed by atoms with Crippen LogP contribution < -0.4 is 0 Å². The Morgan fingerprint density at radius 1 is 0.870 bits per heavy atom. The molecule has 0 radical (unpaired) electrons. The molecule has 0 saturated heterocycles. The summed E-state index contributed by atoms with van der Waals surface area (Å²) in [6, 6.07) is 0.754. The summed E-state index contributed by atoms with van der Waals surface area (Å²) >= 11 is 0. The molecule has 0 amide bonds. The molecule has 0 spiro atoms. The molecule has 10 heteroatoms. The molecule has 0 aromatic carbocycles. The van der Waals surface area contributed by atoms with Gasteiger partial charge in [-0.1, -0.05) is 19.8 Å². The molecule has 0 aliphatic carbocycles. The molecule has 2 unspecified atom stereocenters.